The minimum absolute atomic E-state index is 0.0856. The molecule has 2 aromatic rings. The molecule has 0 aliphatic rings. The molecule has 0 radical (unpaired) electrons. The zero-order valence-electron chi connectivity index (χ0n) is 9.78. The standard InChI is InChI=1S/C7H8FN.C6H5F2N/c1-5-2-3-6(9)4-7(5)8;7-9(8)6-4-2-1-3-5-6/h2-4H,9H2,1H3;1-5H. The number of rotatable bonds is 1. The van der Waals surface area contributed by atoms with Crippen molar-refractivity contribution in [3.63, 3.8) is 0 Å². The van der Waals surface area contributed by atoms with E-state index in [4.69, 9.17) is 5.73 Å². The van der Waals surface area contributed by atoms with E-state index in [9.17, 15) is 13.4 Å². The van der Waals surface area contributed by atoms with Crippen LogP contribution in [-0.2, 0) is 0 Å². The summed E-state index contributed by atoms with van der Waals surface area (Å²) in [5, 5.41) is -0.917. The van der Waals surface area contributed by atoms with E-state index in [2.05, 4.69) is 0 Å². The molecule has 0 amide bonds. The van der Waals surface area contributed by atoms with E-state index in [0.29, 0.717) is 11.3 Å². The normalized spacial score (nSPS) is 9.33. The van der Waals surface area contributed by atoms with Crippen molar-refractivity contribution in [2.24, 2.45) is 0 Å². The van der Waals surface area contributed by atoms with Gasteiger partial charge in [-0.2, -0.15) is 0 Å². The Hall–Kier alpha value is -2.17. The Bertz CT molecular complexity index is 487. The van der Waals surface area contributed by atoms with E-state index in [1.54, 1.807) is 37.3 Å². The number of nitrogens with two attached hydrogens (primary N) is 1. The van der Waals surface area contributed by atoms with Crippen molar-refractivity contribution in [1.82, 2.24) is 0 Å². The van der Waals surface area contributed by atoms with Gasteiger partial charge in [0, 0.05) is 5.69 Å². The van der Waals surface area contributed by atoms with E-state index >= 15 is 0 Å². The topological polar surface area (TPSA) is 29.3 Å². The first-order chi connectivity index (χ1) is 8.50. The Morgan fingerprint density at radius 2 is 1.61 bits per heavy atom. The number of halogens is 3. The van der Waals surface area contributed by atoms with E-state index in [1.807, 2.05) is 0 Å². The third kappa shape index (κ3) is 4.37. The van der Waals surface area contributed by atoms with Crippen molar-refractivity contribution in [2.45, 2.75) is 6.92 Å². The number of hydrogen-bond acceptors (Lipinski definition) is 2. The van der Waals surface area contributed by atoms with Crippen LogP contribution in [0.4, 0.5) is 24.7 Å². The van der Waals surface area contributed by atoms with Crippen molar-refractivity contribution in [3.05, 3.63) is 59.9 Å². The predicted molar refractivity (Wildman–Crippen MR) is 66.7 cm³/mol. The zero-order chi connectivity index (χ0) is 13.5. The molecule has 2 rings (SSSR count). The monoisotopic (exact) mass is 254 g/mol. The van der Waals surface area contributed by atoms with Crippen LogP contribution in [0.25, 0.3) is 0 Å². The van der Waals surface area contributed by atoms with E-state index in [1.165, 1.54) is 18.2 Å². The molecule has 2 aromatic carbocycles. The molecule has 0 aliphatic carbocycles. The summed E-state index contributed by atoms with van der Waals surface area (Å²) in [6.45, 7) is 1.70. The minimum atomic E-state index is -0.917. The molecule has 0 saturated heterocycles. The molecule has 2 nitrogen and oxygen atoms in total. The lowest BCUT2D eigenvalue weighted by Gasteiger charge is -1.97. The van der Waals surface area contributed by atoms with Crippen molar-refractivity contribution in [3.8, 4) is 0 Å². The van der Waals surface area contributed by atoms with Gasteiger partial charge in [-0.1, -0.05) is 33.2 Å². The van der Waals surface area contributed by atoms with E-state index in [0.717, 1.165) is 0 Å². The van der Waals surface area contributed by atoms with Gasteiger partial charge in [0.1, 0.15) is 11.5 Å². The summed E-state index contributed by atoms with van der Waals surface area (Å²) in [5.41, 5.74) is 6.30. The lowest BCUT2D eigenvalue weighted by Crippen LogP contribution is -1.93. The first-order valence-electron chi connectivity index (χ1n) is 5.19. The highest BCUT2D eigenvalue weighted by Crippen LogP contribution is 2.12. The highest BCUT2D eigenvalue weighted by molar-refractivity contribution is 5.40. The Kier molecular flexibility index (Phi) is 5.05. The molecule has 18 heavy (non-hydrogen) atoms. The molecule has 0 aliphatic heterocycles. The van der Waals surface area contributed by atoms with Crippen LogP contribution in [0.5, 0.6) is 0 Å². The number of para-hydroxylation sites is 1. The van der Waals surface area contributed by atoms with E-state index in [-0.39, 0.29) is 11.5 Å². The third-order valence-electron chi connectivity index (χ3n) is 2.15. The largest absolute Gasteiger partial charge is 0.399 e. The fraction of sp³-hybridized carbons (Fsp3) is 0.0769. The smallest absolute Gasteiger partial charge is 0.128 e. The van der Waals surface area contributed by atoms with Crippen LogP contribution >= 0.6 is 0 Å². The molecule has 0 bridgehead atoms. The SMILES string of the molecule is Cc1ccc(N)cc1F.FN(F)c1ccccc1. The van der Waals surface area contributed by atoms with Gasteiger partial charge in [0.2, 0.25) is 0 Å². The molecule has 5 heteroatoms. The summed E-state index contributed by atoms with van der Waals surface area (Å²) >= 11 is 0. The first kappa shape index (κ1) is 13.9. The molecule has 0 unspecified atom stereocenters. The maximum absolute atomic E-state index is 12.5. The van der Waals surface area contributed by atoms with Gasteiger partial charge in [-0.3, -0.25) is 0 Å². The molecule has 0 atom stereocenters. The van der Waals surface area contributed by atoms with Crippen LogP contribution in [0.2, 0.25) is 0 Å². The predicted octanol–water partition coefficient (Wildman–Crippen LogP) is 3.98. The number of benzene rings is 2. The van der Waals surface area contributed by atoms with Gasteiger partial charge in [0.15, 0.2) is 0 Å². The van der Waals surface area contributed by atoms with Crippen LogP contribution < -0.4 is 11.1 Å². The average Bonchev–Trinajstić information content (AvgIpc) is 2.36. The van der Waals surface area contributed by atoms with Gasteiger partial charge >= 0.3 is 0 Å². The van der Waals surface area contributed by atoms with Crippen LogP contribution in [-0.4, -0.2) is 0 Å². The molecule has 0 heterocycles. The molecule has 0 saturated carbocycles. The average molecular weight is 254 g/mol. The second kappa shape index (κ2) is 6.54. The maximum atomic E-state index is 12.5. The van der Waals surface area contributed by atoms with Crippen LogP contribution in [0.3, 0.4) is 0 Å². The maximum Gasteiger partial charge on any atom is 0.128 e. The van der Waals surface area contributed by atoms with Crippen molar-refractivity contribution in [2.75, 3.05) is 11.1 Å². The van der Waals surface area contributed by atoms with Gasteiger partial charge in [-0.15, -0.1) is 0 Å². The molecular weight excluding hydrogens is 241 g/mol. The summed E-state index contributed by atoms with van der Waals surface area (Å²) in [7, 11) is 0. The van der Waals surface area contributed by atoms with Gasteiger partial charge in [-0.05, 0) is 42.1 Å². The fourth-order valence-corrected chi connectivity index (χ4v) is 1.15. The van der Waals surface area contributed by atoms with Crippen LogP contribution in [0, 0.1) is 12.7 Å². The van der Waals surface area contributed by atoms with Gasteiger partial charge < -0.3 is 5.73 Å². The Balaban J connectivity index is 0.000000180. The van der Waals surface area contributed by atoms with Crippen molar-refractivity contribution < 1.29 is 13.4 Å². The fourth-order valence-electron chi connectivity index (χ4n) is 1.15. The zero-order valence-corrected chi connectivity index (χ0v) is 9.78. The molecule has 0 spiro atoms. The second-order valence-electron chi connectivity index (χ2n) is 3.58. The number of aryl methyl sites for hydroxylation is 1. The number of nitrogen functional groups attached to an aromatic ring is 1. The molecule has 0 aromatic heterocycles. The highest BCUT2D eigenvalue weighted by atomic mass is 19.4. The molecule has 0 fully saturated rings. The second-order valence-corrected chi connectivity index (χ2v) is 3.58. The summed E-state index contributed by atoms with van der Waals surface area (Å²) in [5.74, 6) is -0.241. The molecule has 96 valence electrons. The van der Waals surface area contributed by atoms with Crippen LogP contribution in [0.1, 0.15) is 5.56 Å². The van der Waals surface area contributed by atoms with Gasteiger partial charge in [0.05, 0.1) is 0 Å². The quantitative estimate of drug-likeness (QED) is 0.616. The minimum Gasteiger partial charge on any atom is -0.399 e. The van der Waals surface area contributed by atoms with Crippen LogP contribution in [0.15, 0.2) is 48.5 Å². The third-order valence-corrected chi connectivity index (χ3v) is 2.15. The van der Waals surface area contributed by atoms with Gasteiger partial charge in [-0.25, -0.2) is 4.39 Å². The number of hydrogen-bond donors (Lipinski definition) is 1. The summed E-state index contributed by atoms with van der Waals surface area (Å²) < 4.78 is 35.7. The van der Waals surface area contributed by atoms with E-state index < -0.39 is 5.34 Å². The summed E-state index contributed by atoms with van der Waals surface area (Å²) in [6, 6.07) is 12.1. The lowest BCUT2D eigenvalue weighted by atomic mass is 10.2. The Morgan fingerprint density at radius 1 is 1.00 bits per heavy atom. The first-order valence-corrected chi connectivity index (χ1v) is 5.19. The molecule has 2 N–H and O–H groups in total. The van der Waals surface area contributed by atoms with Crippen molar-refractivity contribution >= 4 is 11.4 Å². The number of nitrogens with zero attached hydrogens (tertiary/aromatic N) is 1. The van der Waals surface area contributed by atoms with Crippen molar-refractivity contribution in [1.29, 1.82) is 0 Å². The summed E-state index contributed by atoms with van der Waals surface area (Å²) in [4.78, 5) is 0. The Morgan fingerprint density at radius 3 is 2.00 bits per heavy atom. The van der Waals surface area contributed by atoms with Gasteiger partial charge in [0.25, 0.3) is 0 Å². The summed E-state index contributed by atoms with van der Waals surface area (Å²) in [6.07, 6.45) is 0. The molecular formula is C13H13F3N2. The Labute approximate surface area is 103 Å². The lowest BCUT2D eigenvalue weighted by molar-refractivity contribution is 0.235. The number of anilines is 2. The highest BCUT2D eigenvalue weighted by Gasteiger charge is 1.97.